The van der Waals surface area contributed by atoms with E-state index in [1.165, 1.54) is 19.1 Å². The molecule has 1 aromatic carbocycles. The summed E-state index contributed by atoms with van der Waals surface area (Å²) in [6.07, 6.45) is 4.26. The number of benzene rings is 1. The third kappa shape index (κ3) is 6.40. The maximum atomic E-state index is 13.2. The highest BCUT2D eigenvalue weighted by Crippen LogP contribution is 2.30. The summed E-state index contributed by atoms with van der Waals surface area (Å²) in [7, 11) is 0. The van der Waals surface area contributed by atoms with Gasteiger partial charge in [0, 0.05) is 38.3 Å². The van der Waals surface area contributed by atoms with Gasteiger partial charge in [0.1, 0.15) is 5.82 Å². The highest BCUT2D eigenvalue weighted by molar-refractivity contribution is 5.87. The Labute approximate surface area is 180 Å². The van der Waals surface area contributed by atoms with Crippen LogP contribution in [0.5, 0.6) is 0 Å². The van der Waals surface area contributed by atoms with Crippen molar-refractivity contribution >= 4 is 11.9 Å². The number of morpholine rings is 1. The number of nitrogens with one attached hydrogen (secondary N) is 2. The molecule has 2 aromatic heterocycles. The second kappa shape index (κ2) is 11.3. The molecule has 2 N–H and O–H groups in total. The van der Waals surface area contributed by atoms with Crippen LogP contribution < -0.4 is 10.6 Å². The predicted octanol–water partition coefficient (Wildman–Crippen LogP) is 3.12. The fourth-order valence-electron chi connectivity index (χ4n) is 3.10. The number of imidazole rings is 1. The van der Waals surface area contributed by atoms with Crippen molar-refractivity contribution in [2.24, 2.45) is 0 Å². The smallest absolute Gasteiger partial charge is 0.229 e. The molecule has 8 nitrogen and oxygen atoms in total. The lowest BCUT2D eigenvalue weighted by molar-refractivity contribution is -0.114. The molecule has 1 saturated heterocycles. The lowest BCUT2D eigenvalue weighted by atomic mass is 10.1. The third-order valence-electron chi connectivity index (χ3n) is 4.45. The number of halogens is 1. The normalized spacial score (nSPS) is 13.3. The molecule has 0 bridgehead atoms. The molecule has 0 saturated carbocycles. The van der Waals surface area contributed by atoms with E-state index in [0.717, 1.165) is 50.5 Å². The van der Waals surface area contributed by atoms with Crippen LogP contribution >= 0.6 is 0 Å². The summed E-state index contributed by atoms with van der Waals surface area (Å²) in [5, 5.41) is 5.74. The van der Waals surface area contributed by atoms with Gasteiger partial charge in [-0.1, -0.05) is 6.92 Å². The molecule has 0 spiro atoms. The van der Waals surface area contributed by atoms with Crippen molar-refractivity contribution in [2.75, 3.05) is 31.6 Å². The second-order valence-electron chi connectivity index (χ2n) is 6.95. The Bertz CT molecular complexity index is 974. The van der Waals surface area contributed by atoms with E-state index in [0.29, 0.717) is 11.4 Å². The molecular weight excluding hydrogens is 399 g/mol. The second-order valence-corrected chi connectivity index (χ2v) is 6.95. The van der Waals surface area contributed by atoms with Crippen LogP contribution in [-0.2, 0) is 16.1 Å². The minimum absolute atomic E-state index is 0.235. The largest absolute Gasteiger partial charge is 0.379 e. The number of hydrogen-bond donors (Lipinski definition) is 2. The van der Waals surface area contributed by atoms with Crippen LogP contribution in [0.3, 0.4) is 0 Å². The molecule has 1 aliphatic rings. The summed E-state index contributed by atoms with van der Waals surface area (Å²) >= 11 is 0. The highest BCUT2D eigenvalue weighted by atomic mass is 19.1. The highest BCUT2D eigenvalue weighted by Gasteiger charge is 2.17. The lowest BCUT2D eigenvalue weighted by Gasteiger charge is -2.10. The number of carbonyl (C=O) groups excluding carboxylic acids is 1. The average molecular weight is 426 g/mol. The van der Waals surface area contributed by atoms with E-state index in [4.69, 9.17) is 4.74 Å². The summed E-state index contributed by atoms with van der Waals surface area (Å²) in [5.41, 5.74) is 2.96. The molecule has 1 amide bonds. The minimum Gasteiger partial charge on any atom is -0.379 e. The van der Waals surface area contributed by atoms with E-state index >= 15 is 0 Å². The quantitative estimate of drug-likeness (QED) is 0.651. The van der Waals surface area contributed by atoms with Crippen LogP contribution in [-0.4, -0.2) is 51.7 Å². The van der Waals surface area contributed by atoms with Gasteiger partial charge in [-0.3, -0.25) is 10.1 Å². The fourth-order valence-corrected chi connectivity index (χ4v) is 3.10. The monoisotopic (exact) mass is 426 g/mol. The number of anilines is 1. The Morgan fingerprint density at radius 1 is 1.19 bits per heavy atom. The number of amides is 1. The van der Waals surface area contributed by atoms with Crippen LogP contribution in [0.25, 0.3) is 22.6 Å². The lowest BCUT2D eigenvalue weighted by Crippen LogP contribution is -2.30. The van der Waals surface area contributed by atoms with E-state index in [-0.39, 0.29) is 17.7 Å². The van der Waals surface area contributed by atoms with Crippen molar-refractivity contribution in [3.8, 4) is 22.6 Å². The summed E-state index contributed by atoms with van der Waals surface area (Å²) in [4.78, 5) is 24.2. The molecule has 0 unspecified atom stereocenters. The third-order valence-corrected chi connectivity index (χ3v) is 4.45. The zero-order chi connectivity index (χ0) is 22.1. The molecular formula is C22H27FN6O2. The number of aryl methyl sites for hydroxylation is 1. The van der Waals surface area contributed by atoms with E-state index in [1.54, 1.807) is 30.7 Å². The first-order valence-electron chi connectivity index (χ1n) is 10.3. The minimum atomic E-state index is -0.298. The van der Waals surface area contributed by atoms with Gasteiger partial charge in [-0.05, 0) is 36.8 Å². The van der Waals surface area contributed by atoms with Gasteiger partial charge in [-0.15, -0.1) is 0 Å². The van der Waals surface area contributed by atoms with Crippen molar-refractivity contribution < 1.29 is 13.9 Å². The van der Waals surface area contributed by atoms with Gasteiger partial charge in [-0.25, -0.2) is 19.3 Å². The maximum absolute atomic E-state index is 13.2. The van der Waals surface area contributed by atoms with E-state index in [1.807, 2.05) is 4.57 Å². The Hall–Kier alpha value is -3.17. The van der Waals surface area contributed by atoms with Crippen LogP contribution in [0.15, 0.2) is 42.9 Å². The van der Waals surface area contributed by atoms with Crippen molar-refractivity contribution in [1.82, 2.24) is 24.8 Å². The summed E-state index contributed by atoms with van der Waals surface area (Å²) in [6.45, 7) is 8.08. The van der Waals surface area contributed by atoms with E-state index in [9.17, 15) is 9.18 Å². The molecule has 1 fully saturated rings. The number of nitrogens with zero attached hydrogens (tertiary/aromatic N) is 4. The number of carbonyl (C=O) groups is 1. The Morgan fingerprint density at radius 3 is 2.52 bits per heavy atom. The van der Waals surface area contributed by atoms with E-state index < -0.39 is 0 Å². The molecule has 4 rings (SSSR count). The first-order valence-corrected chi connectivity index (χ1v) is 10.3. The van der Waals surface area contributed by atoms with Gasteiger partial charge >= 0.3 is 0 Å². The molecule has 1 aliphatic heterocycles. The van der Waals surface area contributed by atoms with Gasteiger partial charge in [0.15, 0.2) is 0 Å². The van der Waals surface area contributed by atoms with Crippen LogP contribution in [0.4, 0.5) is 10.3 Å². The van der Waals surface area contributed by atoms with E-state index in [2.05, 4.69) is 32.5 Å². The van der Waals surface area contributed by atoms with Gasteiger partial charge in [0.25, 0.3) is 0 Å². The SMILES string of the molecule is C1COCCN1.CCCn1cnc(-c2ccc(F)cc2)c1-c1ccnc(NC(C)=O)n1. The standard InChI is InChI=1S/C18H18FN5O.C4H9NO/c1-3-10-24-11-21-16(13-4-6-14(19)7-5-13)17(24)15-8-9-20-18(23-15)22-12(2)25;1-3-6-4-2-5-1/h4-9,11H,3,10H2,1-2H3,(H,20,22,23,25);5H,1-4H2. The number of aromatic nitrogens is 4. The number of ether oxygens (including phenoxy) is 1. The molecule has 9 heteroatoms. The van der Waals surface area contributed by atoms with Crippen LogP contribution in [0.2, 0.25) is 0 Å². The van der Waals surface area contributed by atoms with Crippen molar-refractivity contribution in [3.63, 3.8) is 0 Å². The molecule has 3 aromatic rings. The molecule has 0 atom stereocenters. The zero-order valence-electron chi connectivity index (χ0n) is 17.8. The van der Waals surface area contributed by atoms with Crippen LogP contribution in [0, 0.1) is 5.82 Å². The first kappa shape index (κ1) is 22.5. The maximum Gasteiger partial charge on any atom is 0.229 e. The predicted molar refractivity (Wildman–Crippen MR) is 117 cm³/mol. The van der Waals surface area contributed by atoms with Crippen molar-refractivity contribution in [1.29, 1.82) is 0 Å². The molecule has 0 radical (unpaired) electrons. The molecule has 3 heterocycles. The number of rotatable bonds is 5. The molecule has 164 valence electrons. The average Bonchev–Trinajstić information content (AvgIpc) is 3.20. The number of hydrogen-bond acceptors (Lipinski definition) is 6. The first-order chi connectivity index (χ1) is 15.1. The summed E-state index contributed by atoms with van der Waals surface area (Å²) in [6, 6.07) is 7.95. The van der Waals surface area contributed by atoms with Crippen LogP contribution in [0.1, 0.15) is 20.3 Å². The zero-order valence-corrected chi connectivity index (χ0v) is 17.8. The molecule has 31 heavy (non-hydrogen) atoms. The van der Waals surface area contributed by atoms with Gasteiger partial charge in [0.05, 0.1) is 36.6 Å². The van der Waals surface area contributed by atoms with Gasteiger partial charge in [-0.2, -0.15) is 0 Å². The Kier molecular flexibility index (Phi) is 8.19. The summed E-state index contributed by atoms with van der Waals surface area (Å²) < 4.78 is 20.2. The fraction of sp³-hybridized carbons (Fsp3) is 0.364. The molecule has 0 aliphatic carbocycles. The van der Waals surface area contributed by atoms with Gasteiger partial charge < -0.3 is 14.6 Å². The van der Waals surface area contributed by atoms with Crippen molar-refractivity contribution in [3.05, 3.63) is 48.7 Å². The van der Waals surface area contributed by atoms with Crippen molar-refractivity contribution in [2.45, 2.75) is 26.8 Å². The Balaban J connectivity index is 0.000000391. The van der Waals surface area contributed by atoms with Gasteiger partial charge in [0.2, 0.25) is 11.9 Å². The summed E-state index contributed by atoms with van der Waals surface area (Å²) in [5.74, 6) is -0.300. The topological polar surface area (TPSA) is 94.0 Å². The Morgan fingerprint density at radius 2 is 1.94 bits per heavy atom.